The standard InChI is InChI=1S/C15H25NOS/c1-11(2)15(17)10-18-14-7-5-13(6-8-14)9-16-12(3)4/h5-8,11-12,15-17H,9-10H2,1-4H3. The Morgan fingerprint density at radius 2 is 1.72 bits per heavy atom. The van der Waals surface area contributed by atoms with Crippen molar-refractivity contribution in [3.05, 3.63) is 29.8 Å². The van der Waals surface area contributed by atoms with E-state index >= 15 is 0 Å². The zero-order valence-electron chi connectivity index (χ0n) is 11.8. The third kappa shape index (κ3) is 5.89. The van der Waals surface area contributed by atoms with Gasteiger partial charge >= 0.3 is 0 Å². The van der Waals surface area contributed by atoms with Crippen LogP contribution in [0, 0.1) is 5.92 Å². The maximum atomic E-state index is 9.76. The Labute approximate surface area is 115 Å². The molecule has 2 N–H and O–H groups in total. The molecule has 0 saturated heterocycles. The lowest BCUT2D eigenvalue weighted by atomic mass is 10.1. The Bertz CT molecular complexity index is 335. The number of hydrogen-bond acceptors (Lipinski definition) is 3. The Hall–Kier alpha value is -0.510. The lowest BCUT2D eigenvalue weighted by molar-refractivity contribution is 0.149. The highest BCUT2D eigenvalue weighted by Crippen LogP contribution is 2.21. The predicted octanol–water partition coefficient (Wildman–Crippen LogP) is 3.29. The molecule has 0 aliphatic heterocycles. The number of thioether (sulfide) groups is 1. The molecule has 102 valence electrons. The van der Waals surface area contributed by atoms with E-state index in [1.54, 1.807) is 11.8 Å². The highest BCUT2D eigenvalue weighted by atomic mass is 32.2. The van der Waals surface area contributed by atoms with Gasteiger partial charge in [-0.25, -0.2) is 0 Å². The first-order valence-corrected chi connectivity index (χ1v) is 7.60. The van der Waals surface area contributed by atoms with E-state index in [0.717, 1.165) is 12.3 Å². The summed E-state index contributed by atoms with van der Waals surface area (Å²) in [5.74, 6) is 1.09. The lowest BCUT2D eigenvalue weighted by Crippen LogP contribution is -2.21. The van der Waals surface area contributed by atoms with Crippen molar-refractivity contribution in [3.8, 4) is 0 Å². The van der Waals surface area contributed by atoms with Gasteiger partial charge in [0.25, 0.3) is 0 Å². The fourth-order valence-corrected chi connectivity index (χ4v) is 2.48. The summed E-state index contributed by atoms with van der Waals surface area (Å²) in [5, 5.41) is 13.2. The van der Waals surface area contributed by atoms with E-state index in [1.165, 1.54) is 10.5 Å². The molecule has 18 heavy (non-hydrogen) atoms. The Morgan fingerprint density at radius 3 is 2.22 bits per heavy atom. The largest absolute Gasteiger partial charge is 0.392 e. The van der Waals surface area contributed by atoms with E-state index in [4.69, 9.17) is 0 Å². The maximum Gasteiger partial charge on any atom is 0.0656 e. The summed E-state index contributed by atoms with van der Waals surface area (Å²) in [4.78, 5) is 1.22. The molecule has 2 nitrogen and oxygen atoms in total. The normalized spacial score (nSPS) is 13.3. The molecule has 0 bridgehead atoms. The molecule has 0 radical (unpaired) electrons. The Morgan fingerprint density at radius 1 is 1.11 bits per heavy atom. The van der Waals surface area contributed by atoms with Crippen molar-refractivity contribution in [1.29, 1.82) is 0 Å². The number of aliphatic hydroxyl groups is 1. The molecule has 0 aromatic heterocycles. The third-order valence-electron chi connectivity index (χ3n) is 2.83. The first-order chi connectivity index (χ1) is 8.49. The van der Waals surface area contributed by atoms with Crippen molar-refractivity contribution < 1.29 is 5.11 Å². The van der Waals surface area contributed by atoms with Crippen LogP contribution in [0.1, 0.15) is 33.3 Å². The van der Waals surface area contributed by atoms with E-state index in [2.05, 4.69) is 43.4 Å². The van der Waals surface area contributed by atoms with Gasteiger partial charge in [-0.3, -0.25) is 0 Å². The predicted molar refractivity (Wildman–Crippen MR) is 80.0 cm³/mol. The van der Waals surface area contributed by atoms with Crippen LogP contribution in [0.4, 0.5) is 0 Å². The molecule has 1 aromatic carbocycles. The van der Waals surface area contributed by atoms with Crippen LogP contribution >= 0.6 is 11.8 Å². The van der Waals surface area contributed by atoms with Gasteiger partial charge in [0.05, 0.1) is 6.10 Å². The van der Waals surface area contributed by atoms with Gasteiger partial charge in [-0.05, 0) is 23.6 Å². The molecule has 1 rings (SSSR count). The summed E-state index contributed by atoms with van der Waals surface area (Å²) >= 11 is 1.72. The number of hydrogen-bond donors (Lipinski definition) is 2. The summed E-state index contributed by atoms with van der Waals surface area (Å²) in [6, 6.07) is 9.09. The molecular formula is C15H25NOS. The molecular weight excluding hydrogens is 242 g/mol. The minimum Gasteiger partial charge on any atom is -0.392 e. The van der Waals surface area contributed by atoms with Gasteiger partial charge in [0.15, 0.2) is 0 Å². The van der Waals surface area contributed by atoms with E-state index in [9.17, 15) is 5.11 Å². The summed E-state index contributed by atoms with van der Waals surface area (Å²) in [6.07, 6.45) is -0.225. The number of nitrogens with one attached hydrogen (secondary N) is 1. The van der Waals surface area contributed by atoms with Crippen molar-refractivity contribution in [1.82, 2.24) is 5.32 Å². The molecule has 0 amide bonds. The second kappa shape index (κ2) is 7.82. The van der Waals surface area contributed by atoms with Crippen LogP contribution in [-0.2, 0) is 6.54 Å². The van der Waals surface area contributed by atoms with Crippen molar-refractivity contribution >= 4 is 11.8 Å². The summed E-state index contributed by atoms with van der Waals surface area (Å²) in [6.45, 7) is 9.31. The summed E-state index contributed by atoms with van der Waals surface area (Å²) in [5.41, 5.74) is 1.30. The molecule has 0 aliphatic rings. The second-order valence-corrected chi connectivity index (χ2v) is 6.40. The fourth-order valence-electron chi connectivity index (χ4n) is 1.40. The van der Waals surface area contributed by atoms with Gasteiger partial charge in [0.2, 0.25) is 0 Å². The highest BCUT2D eigenvalue weighted by Gasteiger charge is 2.09. The molecule has 0 spiro atoms. The minimum atomic E-state index is -0.225. The van der Waals surface area contributed by atoms with Gasteiger partial charge < -0.3 is 10.4 Å². The van der Waals surface area contributed by atoms with Crippen molar-refractivity contribution in [2.75, 3.05) is 5.75 Å². The van der Waals surface area contributed by atoms with Crippen LogP contribution in [0.25, 0.3) is 0 Å². The van der Waals surface area contributed by atoms with Crippen LogP contribution in [0.2, 0.25) is 0 Å². The monoisotopic (exact) mass is 267 g/mol. The first kappa shape index (κ1) is 15.5. The van der Waals surface area contributed by atoms with Crippen LogP contribution in [0.5, 0.6) is 0 Å². The van der Waals surface area contributed by atoms with E-state index in [-0.39, 0.29) is 6.10 Å². The zero-order valence-corrected chi connectivity index (χ0v) is 12.6. The topological polar surface area (TPSA) is 32.3 Å². The SMILES string of the molecule is CC(C)NCc1ccc(SCC(O)C(C)C)cc1. The number of rotatable bonds is 7. The highest BCUT2D eigenvalue weighted by molar-refractivity contribution is 7.99. The van der Waals surface area contributed by atoms with Crippen LogP contribution in [0.15, 0.2) is 29.2 Å². The van der Waals surface area contributed by atoms with Gasteiger partial charge in [-0.1, -0.05) is 39.8 Å². The molecule has 1 aromatic rings. The third-order valence-corrected chi connectivity index (χ3v) is 3.94. The average Bonchev–Trinajstić information content (AvgIpc) is 2.34. The Balaban J connectivity index is 2.40. The van der Waals surface area contributed by atoms with Gasteiger partial charge in [-0.2, -0.15) is 0 Å². The van der Waals surface area contributed by atoms with Crippen molar-refractivity contribution in [2.45, 2.75) is 51.3 Å². The van der Waals surface area contributed by atoms with Crippen molar-refractivity contribution in [3.63, 3.8) is 0 Å². The molecule has 1 atom stereocenters. The van der Waals surface area contributed by atoms with Crippen LogP contribution in [0.3, 0.4) is 0 Å². The summed E-state index contributed by atoms with van der Waals surface area (Å²) < 4.78 is 0. The van der Waals surface area contributed by atoms with Crippen molar-refractivity contribution in [2.24, 2.45) is 5.92 Å². The number of benzene rings is 1. The van der Waals surface area contributed by atoms with Gasteiger partial charge in [-0.15, -0.1) is 11.8 Å². The summed E-state index contributed by atoms with van der Waals surface area (Å²) in [7, 11) is 0. The van der Waals surface area contributed by atoms with E-state index in [0.29, 0.717) is 12.0 Å². The molecule has 0 fully saturated rings. The first-order valence-electron chi connectivity index (χ1n) is 6.62. The van der Waals surface area contributed by atoms with Crippen LogP contribution < -0.4 is 5.32 Å². The Kier molecular flexibility index (Phi) is 6.76. The van der Waals surface area contributed by atoms with Gasteiger partial charge in [0, 0.05) is 23.2 Å². The van der Waals surface area contributed by atoms with Gasteiger partial charge in [0.1, 0.15) is 0 Å². The maximum absolute atomic E-state index is 9.76. The second-order valence-electron chi connectivity index (χ2n) is 5.30. The minimum absolute atomic E-state index is 0.225. The molecule has 0 heterocycles. The lowest BCUT2D eigenvalue weighted by Gasteiger charge is -2.14. The molecule has 0 saturated carbocycles. The number of aliphatic hydroxyl groups excluding tert-OH is 1. The molecule has 1 unspecified atom stereocenters. The van der Waals surface area contributed by atoms with E-state index < -0.39 is 0 Å². The zero-order chi connectivity index (χ0) is 13.5. The average molecular weight is 267 g/mol. The van der Waals surface area contributed by atoms with Crippen LogP contribution in [-0.4, -0.2) is 23.0 Å². The smallest absolute Gasteiger partial charge is 0.0656 e. The molecule has 0 aliphatic carbocycles. The van der Waals surface area contributed by atoms with E-state index in [1.807, 2.05) is 13.8 Å². The molecule has 3 heteroatoms. The fraction of sp³-hybridized carbons (Fsp3) is 0.600. The quantitative estimate of drug-likeness (QED) is 0.744.